The summed E-state index contributed by atoms with van der Waals surface area (Å²) in [6.07, 6.45) is -0.767. The molecule has 0 unspecified atom stereocenters. The average Bonchev–Trinajstić information content (AvgIpc) is 2.86. The third-order valence-corrected chi connectivity index (χ3v) is 6.68. The number of hydrogen-bond acceptors (Lipinski definition) is 4. The maximum Gasteiger partial charge on any atom is 0.263 e. The number of hydrogen-bond donors (Lipinski definition) is 1. The molecule has 0 spiro atoms. The Kier molecular flexibility index (Phi) is 6.08. The van der Waals surface area contributed by atoms with E-state index < -0.39 is 21.9 Å². The molecule has 1 heterocycles. The molecule has 6 nitrogen and oxygen atoms in total. The van der Waals surface area contributed by atoms with Gasteiger partial charge < -0.3 is 9.64 Å². The fourth-order valence-corrected chi connectivity index (χ4v) is 4.83. The first kappa shape index (κ1) is 22.1. The number of rotatable bonds is 5. The van der Waals surface area contributed by atoms with Crippen LogP contribution >= 0.6 is 11.6 Å². The van der Waals surface area contributed by atoms with E-state index >= 15 is 0 Å². The molecule has 1 N–H and O–H groups in total. The van der Waals surface area contributed by atoms with Crippen LogP contribution in [0.25, 0.3) is 0 Å². The minimum atomic E-state index is -3.87. The molecule has 4 rings (SSSR count). The van der Waals surface area contributed by atoms with Gasteiger partial charge in [-0.2, -0.15) is 0 Å². The normalized spacial score (nSPS) is 16.2. The maximum atomic E-state index is 14.2. The van der Waals surface area contributed by atoms with Crippen LogP contribution < -0.4 is 9.46 Å². The van der Waals surface area contributed by atoms with Gasteiger partial charge in [0.15, 0.2) is 6.10 Å². The van der Waals surface area contributed by atoms with Crippen molar-refractivity contribution in [3.63, 3.8) is 0 Å². The molecule has 32 heavy (non-hydrogen) atoms. The molecule has 166 valence electrons. The summed E-state index contributed by atoms with van der Waals surface area (Å²) in [5.74, 6) is -0.223. The molecule has 1 atom stereocenters. The van der Waals surface area contributed by atoms with Crippen molar-refractivity contribution >= 4 is 33.2 Å². The first-order valence-corrected chi connectivity index (χ1v) is 11.7. The highest BCUT2D eigenvalue weighted by molar-refractivity contribution is 7.92. The van der Waals surface area contributed by atoms with Crippen LogP contribution in [0.15, 0.2) is 71.6 Å². The first-order chi connectivity index (χ1) is 15.2. The zero-order valence-corrected chi connectivity index (χ0v) is 18.7. The van der Waals surface area contributed by atoms with Gasteiger partial charge >= 0.3 is 0 Å². The van der Waals surface area contributed by atoms with Crippen LogP contribution in [0.3, 0.4) is 0 Å². The Morgan fingerprint density at radius 3 is 2.66 bits per heavy atom. The molecule has 0 aromatic heterocycles. The fraction of sp³-hybridized carbons (Fsp3) is 0.174. The van der Waals surface area contributed by atoms with Gasteiger partial charge in [-0.25, -0.2) is 12.8 Å². The molecule has 0 fully saturated rings. The smallest absolute Gasteiger partial charge is 0.263 e. The van der Waals surface area contributed by atoms with Crippen LogP contribution in [-0.4, -0.2) is 25.3 Å². The summed E-state index contributed by atoms with van der Waals surface area (Å²) in [5, 5.41) is 0.305. The summed E-state index contributed by atoms with van der Waals surface area (Å²) >= 11 is 5.91. The minimum absolute atomic E-state index is 0.0289. The van der Waals surface area contributed by atoms with Gasteiger partial charge in [0.25, 0.3) is 15.9 Å². The standard InChI is InChI=1S/C23H20ClFN2O4S/c1-15-23(28)27(13-16-5-2-3-8-21(16)25)14-17-11-19(9-10-22(17)31-15)26-32(29,30)20-7-4-6-18(24)12-20/h2-12,15,26H,13-14H2,1H3/t15-/m1/s1. The molecule has 0 bridgehead atoms. The largest absolute Gasteiger partial charge is 0.481 e. The van der Waals surface area contributed by atoms with E-state index in [2.05, 4.69) is 4.72 Å². The third-order valence-electron chi connectivity index (χ3n) is 5.06. The lowest BCUT2D eigenvalue weighted by atomic mass is 10.1. The van der Waals surface area contributed by atoms with E-state index in [1.807, 2.05) is 0 Å². The lowest BCUT2D eigenvalue weighted by Gasteiger charge is -2.22. The summed E-state index contributed by atoms with van der Waals surface area (Å²) in [6.45, 7) is 1.83. The van der Waals surface area contributed by atoms with E-state index in [1.165, 1.54) is 23.1 Å². The predicted octanol–water partition coefficient (Wildman–Crippen LogP) is 4.59. The van der Waals surface area contributed by atoms with Crippen molar-refractivity contribution in [2.45, 2.75) is 31.0 Å². The molecule has 3 aromatic rings. The summed E-state index contributed by atoms with van der Waals surface area (Å²) in [7, 11) is -3.87. The minimum Gasteiger partial charge on any atom is -0.481 e. The number of carbonyl (C=O) groups is 1. The van der Waals surface area contributed by atoms with Crippen molar-refractivity contribution in [3.05, 3.63) is 88.7 Å². The van der Waals surface area contributed by atoms with Crippen molar-refractivity contribution in [2.75, 3.05) is 4.72 Å². The quantitative estimate of drug-likeness (QED) is 0.587. The molecular weight excluding hydrogens is 455 g/mol. The molecule has 0 aliphatic carbocycles. The average molecular weight is 475 g/mol. The van der Waals surface area contributed by atoms with Crippen LogP contribution in [0.1, 0.15) is 18.1 Å². The number of sulfonamides is 1. The Balaban J connectivity index is 1.62. The fourth-order valence-electron chi connectivity index (χ4n) is 3.48. The molecular formula is C23H20ClFN2O4S. The zero-order chi connectivity index (χ0) is 22.9. The maximum absolute atomic E-state index is 14.2. The second-order valence-electron chi connectivity index (χ2n) is 7.43. The Bertz CT molecular complexity index is 1280. The van der Waals surface area contributed by atoms with Crippen molar-refractivity contribution in [1.82, 2.24) is 4.90 Å². The Labute approximate surface area is 190 Å². The van der Waals surface area contributed by atoms with Gasteiger partial charge in [0.1, 0.15) is 11.6 Å². The summed E-state index contributed by atoms with van der Waals surface area (Å²) in [6, 6.07) is 17.0. The van der Waals surface area contributed by atoms with Gasteiger partial charge in [0, 0.05) is 34.9 Å². The van der Waals surface area contributed by atoms with E-state index in [1.54, 1.807) is 55.5 Å². The second kappa shape index (κ2) is 8.80. The highest BCUT2D eigenvalue weighted by Crippen LogP contribution is 2.30. The second-order valence-corrected chi connectivity index (χ2v) is 9.55. The predicted molar refractivity (Wildman–Crippen MR) is 119 cm³/mol. The van der Waals surface area contributed by atoms with Crippen molar-refractivity contribution in [3.8, 4) is 5.75 Å². The number of benzene rings is 3. The SMILES string of the molecule is C[C@H]1Oc2ccc(NS(=O)(=O)c3cccc(Cl)c3)cc2CN(Cc2ccccc2F)C1=O. The summed E-state index contributed by atoms with van der Waals surface area (Å²) in [5.41, 5.74) is 1.29. The first-order valence-electron chi connectivity index (χ1n) is 9.83. The van der Waals surface area contributed by atoms with Crippen LogP contribution in [-0.2, 0) is 27.9 Å². The molecule has 3 aromatic carbocycles. The third kappa shape index (κ3) is 4.71. The molecule has 1 aliphatic rings. The topological polar surface area (TPSA) is 75.7 Å². The lowest BCUT2D eigenvalue weighted by Crippen LogP contribution is -2.37. The van der Waals surface area contributed by atoms with Gasteiger partial charge in [0.05, 0.1) is 4.90 Å². The molecule has 1 aliphatic heterocycles. The summed E-state index contributed by atoms with van der Waals surface area (Å²) < 4.78 is 47.9. The molecule has 1 amide bonds. The van der Waals surface area contributed by atoms with Crippen molar-refractivity contribution < 1.29 is 22.3 Å². The highest BCUT2D eigenvalue weighted by Gasteiger charge is 2.29. The zero-order valence-electron chi connectivity index (χ0n) is 17.1. The van der Waals surface area contributed by atoms with E-state index in [0.29, 0.717) is 27.6 Å². The number of ether oxygens (including phenoxy) is 1. The van der Waals surface area contributed by atoms with Gasteiger partial charge in [0.2, 0.25) is 0 Å². The number of nitrogens with one attached hydrogen (secondary N) is 1. The van der Waals surface area contributed by atoms with Crippen LogP contribution in [0, 0.1) is 5.82 Å². The van der Waals surface area contributed by atoms with E-state index in [9.17, 15) is 17.6 Å². The Hall–Kier alpha value is -3.10. The highest BCUT2D eigenvalue weighted by atomic mass is 35.5. The molecule has 0 saturated heterocycles. The molecule has 0 radical (unpaired) electrons. The van der Waals surface area contributed by atoms with Gasteiger partial charge in [-0.05, 0) is 49.4 Å². The number of carbonyl (C=O) groups excluding carboxylic acids is 1. The number of amides is 1. The van der Waals surface area contributed by atoms with Crippen LogP contribution in [0.4, 0.5) is 10.1 Å². The Morgan fingerprint density at radius 1 is 1.12 bits per heavy atom. The Morgan fingerprint density at radius 2 is 1.91 bits per heavy atom. The van der Waals surface area contributed by atoms with Crippen molar-refractivity contribution in [2.24, 2.45) is 0 Å². The van der Waals surface area contributed by atoms with Gasteiger partial charge in [-0.15, -0.1) is 0 Å². The molecule has 9 heteroatoms. The number of nitrogens with zero attached hydrogens (tertiary/aromatic N) is 1. The summed E-state index contributed by atoms with van der Waals surface area (Å²) in [4.78, 5) is 14.3. The van der Waals surface area contributed by atoms with E-state index in [0.717, 1.165) is 0 Å². The van der Waals surface area contributed by atoms with Gasteiger partial charge in [-0.1, -0.05) is 35.9 Å². The van der Waals surface area contributed by atoms with Crippen LogP contribution in [0.2, 0.25) is 5.02 Å². The van der Waals surface area contributed by atoms with Crippen molar-refractivity contribution in [1.29, 1.82) is 0 Å². The van der Waals surface area contributed by atoms with Crippen LogP contribution in [0.5, 0.6) is 5.75 Å². The number of fused-ring (bicyclic) bond motifs is 1. The van der Waals surface area contributed by atoms with Gasteiger partial charge in [-0.3, -0.25) is 9.52 Å². The lowest BCUT2D eigenvalue weighted by molar-refractivity contribution is -0.138. The van der Waals surface area contributed by atoms with E-state index in [4.69, 9.17) is 16.3 Å². The van der Waals surface area contributed by atoms with E-state index in [-0.39, 0.29) is 23.9 Å². The number of halogens is 2. The molecule has 0 saturated carbocycles. The monoisotopic (exact) mass is 474 g/mol. The number of anilines is 1.